The Morgan fingerprint density at radius 3 is 2.56 bits per heavy atom. The molecule has 1 aromatic heterocycles. The van der Waals surface area contributed by atoms with Crippen LogP contribution in [0, 0.1) is 13.8 Å². The summed E-state index contributed by atoms with van der Waals surface area (Å²) in [5, 5.41) is 15.0. The van der Waals surface area contributed by atoms with Crippen molar-refractivity contribution in [2.24, 2.45) is 0 Å². The maximum Gasteiger partial charge on any atom is 0.251 e. The number of nitrogens with one attached hydrogen (secondary N) is 2. The van der Waals surface area contributed by atoms with Gasteiger partial charge in [0.25, 0.3) is 5.91 Å². The van der Waals surface area contributed by atoms with Gasteiger partial charge in [-0.25, -0.2) is 0 Å². The van der Waals surface area contributed by atoms with Gasteiger partial charge in [-0.05, 0) is 50.5 Å². The van der Waals surface area contributed by atoms with E-state index in [4.69, 9.17) is 0 Å². The molecule has 2 N–H and O–H groups in total. The van der Waals surface area contributed by atoms with Gasteiger partial charge in [-0.1, -0.05) is 54.6 Å². The molecule has 0 aliphatic heterocycles. The number of benzene rings is 2. The Kier molecular flexibility index (Phi) is 8.05. The molecule has 32 heavy (non-hydrogen) atoms. The summed E-state index contributed by atoms with van der Waals surface area (Å²) in [6, 6.07) is 13.5. The van der Waals surface area contributed by atoms with Crippen molar-refractivity contribution in [3.8, 4) is 0 Å². The molecule has 8 heteroatoms. The molecule has 3 rings (SSSR count). The minimum Gasteiger partial charge on any atom is -0.345 e. The van der Waals surface area contributed by atoms with Gasteiger partial charge >= 0.3 is 0 Å². The summed E-state index contributed by atoms with van der Waals surface area (Å²) in [4.78, 5) is 25.0. The second kappa shape index (κ2) is 10.9. The summed E-state index contributed by atoms with van der Waals surface area (Å²) in [5.74, 6) is 0.645. The molecule has 0 spiro atoms. The largest absolute Gasteiger partial charge is 0.345 e. The van der Waals surface area contributed by atoms with Crippen LogP contribution in [-0.2, 0) is 24.3 Å². The lowest BCUT2D eigenvalue weighted by atomic mass is 10.1. The Bertz CT molecular complexity index is 1110. The standard InChI is InChI=1S/C24H29N5O2S/c1-5-18-11-8-10-17(4)22(18)26-21(30)15-32-24-28-27-20(29(24)6-2)14-25-23(31)19-12-7-9-16(3)13-19/h7-13H,5-6,14-15H2,1-4H3,(H,25,31)(H,26,30). The van der Waals surface area contributed by atoms with Crippen molar-refractivity contribution in [1.82, 2.24) is 20.1 Å². The summed E-state index contributed by atoms with van der Waals surface area (Å²) in [6.07, 6.45) is 0.853. The molecule has 0 saturated heterocycles. The zero-order chi connectivity index (χ0) is 23.1. The summed E-state index contributed by atoms with van der Waals surface area (Å²) < 4.78 is 1.92. The first-order valence-corrected chi connectivity index (χ1v) is 11.7. The lowest BCUT2D eigenvalue weighted by molar-refractivity contribution is -0.113. The fourth-order valence-corrected chi connectivity index (χ4v) is 4.25. The number of aromatic nitrogens is 3. The number of carbonyl (C=O) groups excluding carboxylic acids is 2. The maximum atomic E-state index is 12.6. The average molecular weight is 452 g/mol. The first-order valence-electron chi connectivity index (χ1n) is 10.7. The summed E-state index contributed by atoms with van der Waals surface area (Å²) in [6.45, 7) is 8.91. The van der Waals surface area contributed by atoms with E-state index in [0.717, 1.165) is 28.8 Å². The smallest absolute Gasteiger partial charge is 0.251 e. The molecule has 168 valence electrons. The van der Waals surface area contributed by atoms with Crippen LogP contribution < -0.4 is 10.6 Å². The molecule has 0 aliphatic carbocycles. The van der Waals surface area contributed by atoms with Gasteiger partial charge in [0, 0.05) is 17.8 Å². The molecule has 0 atom stereocenters. The Morgan fingerprint density at radius 2 is 1.84 bits per heavy atom. The highest BCUT2D eigenvalue weighted by atomic mass is 32.2. The molecular formula is C24H29N5O2S. The van der Waals surface area contributed by atoms with E-state index < -0.39 is 0 Å². The van der Waals surface area contributed by atoms with Crippen LogP contribution in [-0.4, -0.2) is 32.3 Å². The second-order valence-electron chi connectivity index (χ2n) is 7.49. The molecule has 0 saturated carbocycles. The Hall–Kier alpha value is -3.13. The van der Waals surface area contributed by atoms with Gasteiger partial charge in [0.05, 0.1) is 12.3 Å². The fraction of sp³-hybridized carbons (Fsp3) is 0.333. The predicted molar refractivity (Wildman–Crippen MR) is 128 cm³/mol. The zero-order valence-electron chi connectivity index (χ0n) is 18.9. The Labute approximate surface area is 193 Å². The number of hydrogen-bond acceptors (Lipinski definition) is 5. The van der Waals surface area contributed by atoms with Crippen molar-refractivity contribution in [2.75, 3.05) is 11.1 Å². The van der Waals surface area contributed by atoms with E-state index in [1.807, 2.05) is 61.7 Å². The molecule has 7 nitrogen and oxygen atoms in total. The number of thioether (sulfide) groups is 1. The predicted octanol–water partition coefficient (Wildman–Crippen LogP) is 4.14. The van der Waals surface area contributed by atoms with Crippen molar-refractivity contribution < 1.29 is 9.59 Å². The molecule has 1 heterocycles. The molecule has 2 amide bonds. The van der Waals surface area contributed by atoms with E-state index in [1.54, 1.807) is 6.07 Å². The molecule has 0 radical (unpaired) electrons. The number of carbonyl (C=O) groups is 2. The van der Waals surface area contributed by atoms with Crippen LogP contribution in [0.2, 0.25) is 0 Å². The van der Waals surface area contributed by atoms with E-state index in [-0.39, 0.29) is 24.1 Å². The lowest BCUT2D eigenvalue weighted by Crippen LogP contribution is -2.25. The first-order chi connectivity index (χ1) is 15.4. The minimum absolute atomic E-state index is 0.0843. The normalized spacial score (nSPS) is 10.8. The van der Waals surface area contributed by atoms with Gasteiger partial charge in [0.15, 0.2) is 11.0 Å². The number of nitrogens with zero attached hydrogens (tertiary/aromatic N) is 3. The topological polar surface area (TPSA) is 88.9 Å². The minimum atomic E-state index is -0.155. The van der Waals surface area contributed by atoms with E-state index >= 15 is 0 Å². The quantitative estimate of drug-likeness (QED) is 0.478. The molecule has 3 aromatic rings. The number of hydrogen-bond donors (Lipinski definition) is 2. The monoisotopic (exact) mass is 451 g/mol. The SMILES string of the molecule is CCc1cccc(C)c1NC(=O)CSc1nnc(CNC(=O)c2cccc(C)c2)n1CC. The molecule has 0 aliphatic rings. The van der Waals surface area contributed by atoms with Gasteiger partial charge in [-0.2, -0.15) is 0 Å². The van der Waals surface area contributed by atoms with E-state index in [9.17, 15) is 9.59 Å². The fourth-order valence-electron chi connectivity index (χ4n) is 3.43. The van der Waals surface area contributed by atoms with Crippen molar-refractivity contribution in [3.63, 3.8) is 0 Å². The number of para-hydroxylation sites is 1. The van der Waals surface area contributed by atoms with E-state index in [1.165, 1.54) is 11.8 Å². The highest BCUT2D eigenvalue weighted by molar-refractivity contribution is 7.99. The van der Waals surface area contributed by atoms with Crippen LogP contribution in [0.15, 0.2) is 47.6 Å². The van der Waals surface area contributed by atoms with Gasteiger partial charge in [0.2, 0.25) is 5.91 Å². The third kappa shape index (κ3) is 5.76. The molecule has 0 unspecified atom stereocenters. The Morgan fingerprint density at radius 1 is 1.06 bits per heavy atom. The second-order valence-corrected chi connectivity index (χ2v) is 8.44. The number of amides is 2. The third-order valence-electron chi connectivity index (χ3n) is 5.13. The van der Waals surface area contributed by atoms with Crippen LogP contribution in [0.5, 0.6) is 0 Å². The highest BCUT2D eigenvalue weighted by Crippen LogP contribution is 2.22. The molecule has 0 fully saturated rings. The van der Waals surface area contributed by atoms with E-state index in [2.05, 4.69) is 27.8 Å². The number of rotatable bonds is 9. The van der Waals surface area contributed by atoms with E-state index in [0.29, 0.717) is 23.1 Å². The zero-order valence-corrected chi connectivity index (χ0v) is 19.8. The van der Waals surface area contributed by atoms with Crippen LogP contribution in [0.25, 0.3) is 0 Å². The maximum absolute atomic E-state index is 12.6. The first kappa shape index (κ1) is 23.5. The van der Waals surface area contributed by atoms with Crippen molar-refractivity contribution >= 4 is 29.3 Å². The average Bonchev–Trinajstić information content (AvgIpc) is 3.19. The summed E-state index contributed by atoms with van der Waals surface area (Å²) >= 11 is 1.34. The summed E-state index contributed by atoms with van der Waals surface area (Å²) in [5.41, 5.74) is 4.69. The van der Waals surface area contributed by atoms with Gasteiger partial charge in [-0.3, -0.25) is 9.59 Å². The van der Waals surface area contributed by atoms with Gasteiger partial charge in [-0.15, -0.1) is 10.2 Å². The van der Waals surface area contributed by atoms with Crippen LogP contribution in [0.3, 0.4) is 0 Å². The number of aryl methyl sites for hydroxylation is 3. The van der Waals surface area contributed by atoms with Crippen molar-refractivity contribution in [3.05, 3.63) is 70.5 Å². The lowest BCUT2D eigenvalue weighted by Gasteiger charge is -2.13. The van der Waals surface area contributed by atoms with Crippen molar-refractivity contribution in [2.45, 2.75) is 52.4 Å². The molecular weight excluding hydrogens is 422 g/mol. The Balaban J connectivity index is 1.60. The molecule has 0 bridgehead atoms. The highest BCUT2D eigenvalue weighted by Gasteiger charge is 2.15. The molecule has 2 aromatic carbocycles. The van der Waals surface area contributed by atoms with Crippen LogP contribution >= 0.6 is 11.8 Å². The number of anilines is 1. The summed E-state index contributed by atoms with van der Waals surface area (Å²) in [7, 11) is 0. The van der Waals surface area contributed by atoms with Gasteiger partial charge < -0.3 is 15.2 Å². The van der Waals surface area contributed by atoms with Crippen LogP contribution in [0.4, 0.5) is 5.69 Å². The van der Waals surface area contributed by atoms with Crippen molar-refractivity contribution in [1.29, 1.82) is 0 Å². The van der Waals surface area contributed by atoms with Gasteiger partial charge in [0.1, 0.15) is 0 Å². The third-order valence-corrected chi connectivity index (χ3v) is 6.10. The van der Waals surface area contributed by atoms with Crippen LogP contribution in [0.1, 0.15) is 46.7 Å².